The summed E-state index contributed by atoms with van der Waals surface area (Å²) in [4.78, 5) is 15.1. The Balaban J connectivity index is 1.38. The molecule has 0 bridgehead atoms. The Kier molecular flexibility index (Phi) is 5.96. The summed E-state index contributed by atoms with van der Waals surface area (Å²) in [6.07, 6.45) is 2.47. The van der Waals surface area contributed by atoms with Crippen LogP contribution in [0.25, 0.3) is 0 Å². The molecule has 2 amide bonds. The van der Waals surface area contributed by atoms with E-state index >= 15 is 0 Å². The number of amides is 2. The number of carbonyl (C=O) groups is 1. The smallest absolute Gasteiger partial charge is 0.336 e. The zero-order valence-corrected chi connectivity index (χ0v) is 16.3. The third-order valence-electron chi connectivity index (χ3n) is 4.77. The van der Waals surface area contributed by atoms with E-state index in [9.17, 15) is 9.18 Å². The van der Waals surface area contributed by atoms with Crippen LogP contribution in [-0.4, -0.2) is 64.3 Å². The number of nitrogens with one attached hydrogen (secondary N) is 1. The monoisotopic (exact) mass is 406 g/mol. The Labute approximate surface area is 167 Å². The van der Waals surface area contributed by atoms with Crippen molar-refractivity contribution in [1.82, 2.24) is 25.1 Å². The number of halogens is 1. The SMILES string of the molecule is O=C(NCCN1CCCC1)N1CCSc2nnc(COc3ccc(F)cc3)n21. The highest BCUT2D eigenvalue weighted by atomic mass is 32.2. The zero-order valence-electron chi connectivity index (χ0n) is 15.5. The maximum absolute atomic E-state index is 13.0. The molecule has 10 heteroatoms. The second kappa shape index (κ2) is 8.78. The van der Waals surface area contributed by atoms with Crippen molar-refractivity contribution in [2.75, 3.05) is 43.5 Å². The number of hydrogen-bond acceptors (Lipinski definition) is 6. The standard InChI is InChI=1S/C18H23FN6O2S/c19-14-3-5-15(6-4-14)27-13-16-21-22-18-25(16)24(11-12-28-18)17(26)20-7-10-23-8-1-2-9-23/h3-6H,1-2,7-13H2,(H,20,26). The van der Waals surface area contributed by atoms with Gasteiger partial charge in [-0.05, 0) is 50.2 Å². The highest BCUT2D eigenvalue weighted by molar-refractivity contribution is 7.99. The molecule has 0 atom stereocenters. The Hall–Kier alpha value is -2.33. The minimum atomic E-state index is -0.319. The molecule has 0 aliphatic carbocycles. The molecule has 150 valence electrons. The first kappa shape index (κ1) is 19.0. The number of thioether (sulfide) groups is 1. The number of urea groups is 1. The number of benzene rings is 1. The fourth-order valence-corrected chi connectivity index (χ4v) is 4.20. The summed E-state index contributed by atoms with van der Waals surface area (Å²) in [5, 5.41) is 13.6. The number of likely N-dealkylation sites (tertiary alicyclic amines) is 1. The summed E-state index contributed by atoms with van der Waals surface area (Å²) in [5.41, 5.74) is 0. The number of hydrogen-bond donors (Lipinski definition) is 1. The molecule has 8 nitrogen and oxygen atoms in total. The molecule has 4 rings (SSSR count). The Morgan fingerprint density at radius 2 is 1.96 bits per heavy atom. The normalized spacial score (nSPS) is 16.8. The lowest BCUT2D eigenvalue weighted by atomic mass is 10.3. The Bertz CT molecular complexity index is 809. The number of carbonyl (C=O) groups excluding carboxylic acids is 1. The molecule has 0 saturated carbocycles. The minimum absolute atomic E-state index is 0.136. The number of ether oxygens (including phenoxy) is 1. The molecule has 3 heterocycles. The average molecular weight is 406 g/mol. The molecule has 0 unspecified atom stereocenters. The Morgan fingerprint density at radius 3 is 2.75 bits per heavy atom. The third-order valence-corrected chi connectivity index (χ3v) is 5.67. The van der Waals surface area contributed by atoms with Gasteiger partial charge < -0.3 is 15.0 Å². The van der Waals surface area contributed by atoms with Crippen LogP contribution in [0, 0.1) is 5.82 Å². The van der Waals surface area contributed by atoms with Gasteiger partial charge in [0.2, 0.25) is 5.16 Å². The van der Waals surface area contributed by atoms with E-state index in [1.54, 1.807) is 33.6 Å². The third kappa shape index (κ3) is 4.39. The summed E-state index contributed by atoms with van der Waals surface area (Å²) < 4.78 is 20.4. The molecule has 2 aromatic rings. The van der Waals surface area contributed by atoms with Gasteiger partial charge in [-0.3, -0.25) is 0 Å². The largest absolute Gasteiger partial charge is 0.486 e. The highest BCUT2D eigenvalue weighted by Gasteiger charge is 2.27. The van der Waals surface area contributed by atoms with Crippen LogP contribution in [-0.2, 0) is 6.61 Å². The van der Waals surface area contributed by atoms with Crippen LogP contribution in [0.1, 0.15) is 18.7 Å². The molecule has 1 saturated heterocycles. The van der Waals surface area contributed by atoms with Gasteiger partial charge >= 0.3 is 6.03 Å². The van der Waals surface area contributed by atoms with Crippen LogP contribution >= 0.6 is 11.8 Å². The molecule has 0 radical (unpaired) electrons. The lowest BCUT2D eigenvalue weighted by Gasteiger charge is -2.29. The van der Waals surface area contributed by atoms with Crippen LogP contribution in [0.4, 0.5) is 9.18 Å². The minimum Gasteiger partial charge on any atom is -0.486 e. The van der Waals surface area contributed by atoms with E-state index in [-0.39, 0.29) is 18.5 Å². The van der Waals surface area contributed by atoms with Crippen LogP contribution in [0.2, 0.25) is 0 Å². The van der Waals surface area contributed by atoms with E-state index in [2.05, 4.69) is 20.4 Å². The number of nitrogens with zero attached hydrogens (tertiary/aromatic N) is 5. The Morgan fingerprint density at radius 1 is 1.18 bits per heavy atom. The van der Waals surface area contributed by atoms with Gasteiger partial charge in [-0.2, -0.15) is 0 Å². The van der Waals surface area contributed by atoms with Gasteiger partial charge in [0, 0.05) is 18.8 Å². The summed E-state index contributed by atoms with van der Waals surface area (Å²) in [7, 11) is 0. The quantitative estimate of drug-likeness (QED) is 0.789. The predicted octanol–water partition coefficient (Wildman–Crippen LogP) is 1.85. The second-order valence-corrected chi connectivity index (χ2v) is 7.77. The molecule has 1 aromatic carbocycles. The fourth-order valence-electron chi connectivity index (χ4n) is 3.33. The number of rotatable bonds is 6. The summed E-state index contributed by atoms with van der Waals surface area (Å²) in [6, 6.07) is 5.62. The van der Waals surface area contributed by atoms with Crippen LogP contribution in [0.15, 0.2) is 29.4 Å². The molecule has 2 aliphatic rings. The van der Waals surface area contributed by atoms with Gasteiger partial charge in [-0.1, -0.05) is 11.8 Å². The van der Waals surface area contributed by atoms with Crippen molar-refractivity contribution in [1.29, 1.82) is 0 Å². The lowest BCUT2D eigenvalue weighted by Crippen LogP contribution is -2.51. The predicted molar refractivity (Wildman–Crippen MR) is 104 cm³/mol. The van der Waals surface area contributed by atoms with Gasteiger partial charge in [-0.15, -0.1) is 10.2 Å². The van der Waals surface area contributed by atoms with Gasteiger partial charge in [0.25, 0.3) is 0 Å². The summed E-state index contributed by atoms with van der Waals surface area (Å²) >= 11 is 1.55. The van der Waals surface area contributed by atoms with Gasteiger partial charge in [0.15, 0.2) is 5.82 Å². The van der Waals surface area contributed by atoms with Crippen molar-refractivity contribution in [3.63, 3.8) is 0 Å². The van der Waals surface area contributed by atoms with E-state index in [0.29, 0.717) is 29.8 Å². The van der Waals surface area contributed by atoms with Crippen molar-refractivity contribution in [3.8, 4) is 5.75 Å². The van der Waals surface area contributed by atoms with E-state index in [0.717, 1.165) is 25.4 Å². The first-order chi connectivity index (χ1) is 13.7. The lowest BCUT2D eigenvalue weighted by molar-refractivity contribution is 0.234. The molecule has 1 N–H and O–H groups in total. The van der Waals surface area contributed by atoms with E-state index in [4.69, 9.17) is 4.74 Å². The van der Waals surface area contributed by atoms with Gasteiger partial charge in [0.1, 0.15) is 18.2 Å². The maximum Gasteiger partial charge on any atom is 0.336 e. The highest BCUT2D eigenvalue weighted by Crippen LogP contribution is 2.23. The van der Waals surface area contributed by atoms with Gasteiger partial charge in [0.05, 0.1) is 6.54 Å². The van der Waals surface area contributed by atoms with Crippen molar-refractivity contribution >= 4 is 17.8 Å². The van der Waals surface area contributed by atoms with Crippen molar-refractivity contribution in [2.45, 2.75) is 24.6 Å². The molecule has 1 aromatic heterocycles. The maximum atomic E-state index is 13.0. The van der Waals surface area contributed by atoms with Gasteiger partial charge in [-0.25, -0.2) is 18.9 Å². The first-order valence-electron chi connectivity index (χ1n) is 9.44. The summed E-state index contributed by atoms with van der Waals surface area (Å²) in [5.74, 6) is 1.50. The van der Waals surface area contributed by atoms with Crippen LogP contribution < -0.4 is 15.1 Å². The van der Waals surface area contributed by atoms with E-state index in [1.807, 2.05) is 0 Å². The van der Waals surface area contributed by atoms with Crippen LogP contribution in [0.3, 0.4) is 0 Å². The number of aromatic nitrogens is 3. The first-order valence-corrected chi connectivity index (χ1v) is 10.4. The van der Waals surface area contributed by atoms with E-state index in [1.165, 1.54) is 25.0 Å². The van der Waals surface area contributed by atoms with Crippen molar-refractivity contribution in [3.05, 3.63) is 35.9 Å². The average Bonchev–Trinajstić information content (AvgIpc) is 3.37. The van der Waals surface area contributed by atoms with E-state index < -0.39 is 0 Å². The van der Waals surface area contributed by atoms with Crippen LogP contribution in [0.5, 0.6) is 5.75 Å². The molecule has 1 fully saturated rings. The molecular formula is C18H23FN6O2S. The summed E-state index contributed by atoms with van der Waals surface area (Å²) in [6.45, 7) is 4.39. The zero-order chi connectivity index (χ0) is 19.3. The van der Waals surface area contributed by atoms with Crippen molar-refractivity contribution in [2.24, 2.45) is 0 Å². The molecule has 0 spiro atoms. The molecular weight excluding hydrogens is 383 g/mol. The molecule has 2 aliphatic heterocycles. The molecule has 28 heavy (non-hydrogen) atoms. The fraction of sp³-hybridized carbons (Fsp3) is 0.500. The topological polar surface area (TPSA) is 75.5 Å². The number of fused-ring (bicyclic) bond motifs is 1. The second-order valence-electron chi connectivity index (χ2n) is 6.71. The van der Waals surface area contributed by atoms with Crippen molar-refractivity contribution < 1.29 is 13.9 Å².